The van der Waals surface area contributed by atoms with E-state index in [2.05, 4.69) is 35.0 Å². The molecule has 0 saturated carbocycles. The molecule has 1 atom stereocenters. The van der Waals surface area contributed by atoms with E-state index in [9.17, 15) is 0 Å². The Kier molecular flexibility index (Phi) is 5.59. The van der Waals surface area contributed by atoms with Gasteiger partial charge in [-0.15, -0.1) is 0 Å². The summed E-state index contributed by atoms with van der Waals surface area (Å²) in [4.78, 5) is 4.93. The van der Waals surface area contributed by atoms with Gasteiger partial charge in [-0.1, -0.05) is 36.3 Å². The molecule has 0 aliphatic carbocycles. The van der Waals surface area contributed by atoms with E-state index in [1.54, 1.807) is 0 Å². The third-order valence-electron chi connectivity index (χ3n) is 4.27. The van der Waals surface area contributed by atoms with Crippen LogP contribution in [0.15, 0.2) is 29.4 Å². The molecule has 0 radical (unpaired) electrons. The number of nitrogens with two attached hydrogens (primary N) is 1. The van der Waals surface area contributed by atoms with Crippen LogP contribution in [0.4, 0.5) is 0 Å². The van der Waals surface area contributed by atoms with Crippen molar-refractivity contribution < 1.29 is 5.21 Å². The van der Waals surface area contributed by atoms with Crippen molar-refractivity contribution in [2.45, 2.75) is 32.4 Å². The molecule has 0 spiro atoms. The van der Waals surface area contributed by atoms with Gasteiger partial charge in [0.2, 0.25) is 0 Å². The minimum absolute atomic E-state index is 0.186. The highest BCUT2D eigenvalue weighted by Gasteiger charge is 2.22. The average molecular weight is 290 g/mol. The van der Waals surface area contributed by atoms with Gasteiger partial charge in [0, 0.05) is 31.2 Å². The van der Waals surface area contributed by atoms with Crippen LogP contribution in [0.25, 0.3) is 0 Å². The number of nitrogens with zero attached hydrogens (tertiary/aromatic N) is 3. The maximum atomic E-state index is 8.94. The van der Waals surface area contributed by atoms with Crippen LogP contribution in [-0.2, 0) is 6.54 Å². The van der Waals surface area contributed by atoms with E-state index in [0.29, 0.717) is 6.04 Å². The van der Waals surface area contributed by atoms with Gasteiger partial charge in [0.15, 0.2) is 5.84 Å². The topological polar surface area (TPSA) is 65.1 Å². The lowest BCUT2D eigenvalue weighted by molar-refractivity contribution is 0.176. The number of likely N-dealkylation sites (N-methyl/N-ethyl adjacent to an activating group) is 1. The van der Waals surface area contributed by atoms with Gasteiger partial charge in [-0.25, -0.2) is 0 Å². The Bertz CT molecular complexity index is 489. The van der Waals surface area contributed by atoms with Gasteiger partial charge < -0.3 is 15.8 Å². The second kappa shape index (κ2) is 7.43. The zero-order valence-corrected chi connectivity index (χ0v) is 13.0. The van der Waals surface area contributed by atoms with Gasteiger partial charge in [0.1, 0.15) is 0 Å². The molecule has 0 amide bonds. The standard InChI is InChI=1S/C16H26N4O/c1-3-14-12-19(2)9-6-10-20(14)11-13-7-4-5-8-15(13)16(17)18-21/h4-5,7-8,14,21H,3,6,9-12H2,1-2H3,(H2,17,18). The fourth-order valence-corrected chi connectivity index (χ4v) is 3.07. The van der Waals surface area contributed by atoms with Crippen LogP contribution in [0.5, 0.6) is 0 Å². The maximum absolute atomic E-state index is 8.94. The summed E-state index contributed by atoms with van der Waals surface area (Å²) in [5.41, 5.74) is 7.74. The van der Waals surface area contributed by atoms with E-state index < -0.39 is 0 Å². The number of hydrogen-bond acceptors (Lipinski definition) is 4. The lowest BCUT2D eigenvalue weighted by atomic mass is 10.0. The Morgan fingerprint density at radius 3 is 2.86 bits per heavy atom. The van der Waals surface area contributed by atoms with Crippen molar-refractivity contribution in [2.24, 2.45) is 10.9 Å². The molecule has 1 heterocycles. The van der Waals surface area contributed by atoms with E-state index in [-0.39, 0.29) is 5.84 Å². The fraction of sp³-hybridized carbons (Fsp3) is 0.562. The molecule has 21 heavy (non-hydrogen) atoms. The third-order valence-corrected chi connectivity index (χ3v) is 4.27. The molecule has 116 valence electrons. The summed E-state index contributed by atoms with van der Waals surface area (Å²) in [6, 6.07) is 8.46. The molecule has 0 bridgehead atoms. The van der Waals surface area contributed by atoms with Crippen LogP contribution >= 0.6 is 0 Å². The first-order chi connectivity index (χ1) is 10.2. The number of rotatable bonds is 4. The lowest BCUT2D eigenvalue weighted by Crippen LogP contribution is -2.39. The molecule has 3 N–H and O–H groups in total. The van der Waals surface area contributed by atoms with Gasteiger partial charge in [-0.05, 0) is 32.0 Å². The van der Waals surface area contributed by atoms with Crippen LogP contribution in [-0.4, -0.2) is 53.6 Å². The van der Waals surface area contributed by atoms with Crippen molar-refractivity contribution in [3.05, 3.63) is 35.4 Å². The highest BCUT2D eigenvalue weighted by Crippen LogP contribution is 2.18. The van der Waals surface area contributed by atoms with Gasteiger partial charge in [-0.2, -0.15) is 0 Å². The third kappa shape index (κ3) is 3.95. The Balaban J connectivity index is 2.20. The van der Waals surface area contributed by atoms with Crippen molar-refractivity contribution in [1.29, 1.82) is 0 Å². The molecule has 5 nitrogen and oxygen atoms in total. The lowest BCUT2D eigenvalue weighted by Gasteiger charge is -2.30. The molecular formula is C16H26N4O. The first-order valence-electron chi connectivity index (χ1n) is 7.64. The molecule has 1 aliphatic rings. The monoisotopic (exact) mass is 290 g/mol. The summed E-state index contributed by atoms with van der Waals surface area (Å²) in [6.45, 7) is 6.43. The zero-order valence-electron chi connectivity index (χ0n) is 13.0. The summed E-state index contributed by atoms with van der Waals surface area (Å²) in [6.07, 6.45) is 2.31. The normalized spacial score (nSPS) is 22.2. The highest BCUT2D eigenvalue weighted by atomic mass is 16.4. The number of amidine groups is 1. The largest absolute Gasteiger partial charge is 0.409 e. The quantitative estimate of drug-likeness (QED) is 0.383. The SMILES string of the molecule is CCC1CN(C)CCCN1Cc1ccccc1/C(N)=N/O. The summed E-state index contributed by atoms with van der Waals surface area (Å²) < 4.78 is 0. The summed E-state index contributed by atoms with van der Waals surface area (Å²) in [5.74, 6) is 0.186. The first-order valence-corrected chi connectivity index (χ1v) is 7.64. The first kappa shape index (κ1) is 15.8. The maximum Gasteiger partial charge on any atom is 0.170 e. The predicted molar refractivity (Wildman–Crippen MR) is 85.6 cm³/mol. The van der Waals surface area contributed by atoms with Crippen LogP contribution in [0.2, 0.25) is 0 Å². The number of benzene rings is 1. The molecule has 1 aliphatic heterocycles. The van der Waals surface area contributed by atoms with E-state index in [1.807, 2.05) is 18.2 Å². The minimum Gasteiger partial charge on any atom is -0.409 e. The second-order valence-electron chi connectivity index (χ2n) is 5.79. The van der Waals surface area contributed by atoms with E-state index in [1.165, 1.54) is 6.42 Å². The number of oxime groups is 1. The van der Waals surface area contributed by atoms with Crippen molar-refractivity contribution in [2.75, 3.05) is 26.7 Å². The van der Waals surface area contributed by atoms with E-state index >= 15 is 0 Å². The smallest absolute Gasteiger partial charge is 0.170 e. The molecule has 1 unspecified atom stereocenters. The molecule has 1 fully saturated rings. The average Bonchev–Trinajstić information content (AvgIpc) is 2.68. The predicted octanol–water partition coefficient (Wildman–Crippen LogP) is 1.70. The highest BCUT2D eigenvalue weighted by molar-refractivity contribution is 5.98. The van der Waals surface area contributed by atoms with Crippen LogP contribution in [0.1, 0.15) is 30.9 Å². The van der Waals surface area contributed by atoms with E-state index in [4.69, 9.17) is 10.9 Å². The summed E-state index contributed by atoms with van der Waals surface area (Å²) in [7, 11) is 2.19. The van der Waals surface area contributed by atoms with Gasteiger partial charge in [0.25, 0.3) is 0 Å². The minimum atomic E-state index is 0.186. The van der Waals surface area contributed by atoms with Crippen molar-refractivity contribution >= 4 is 5.84 Å². The molecule has 1 aromatic carbocycles. The van der Waals surface area contributed by atoms with Crippen LogP contribution in [0.3, 0.4) is 0 Å². The van der Waals surface area contributed by atoms with Crippen molar-refractivity contribution in [3.8, 4) is 0 Å². The molecule has 0 aromatic heterocycles. The molecule has 1 aromatic rings. The van der Waals surface area contributed by atoms with Gasteiger partial charge in [0.05, 0.1) is 0 Å². The molecule has 5 heteroatoms. The molecule has 1 saturated heterocycles. The van der Waals surface area contributed by atoms with Crippen molar-refractivity contribution in [3.63, 3.8) is 0 Å². The molecule has 2 rings (SSSR count). The Morgan fingerprint density at radius 2 is 2.14 bits per heavy atom. The Labute approximate surface area is 127 Å². The fourth-order valence-electron chi connectivity index (χ4n) is 3.07. The molecular weight excluding hydrogens is 264 g/mol. The van der Waals surface area contributed by atoms with Crippen LogP contribution in [0, 0.1) is 0 Å². The van der Waals surface area contributed by atoms with Crippen LogP contribution < -0.4 is 5.73 Å². The Morgan fingerprint density at radius 1 is 1.38 bits per heavy atom. The summed E-state index contributed by atoms with van der Waals surface area (Å²) >= 11 is 0. The number of hydrogen-bond donors (Lipinski definition) is 2. The van der Waals surface area contributed by atoms with Crippen molar-refractivity contribution in [1.82, 2.24) is 9.80 Å². The Hall–Kier alpha value is -1.59. The second-order valence-corrected chi connectivity index (χ2v) is 5.79. The summed E-state index contributed by atoms with van der Waals surface area (Å²) in [5, 5.41) is 12.1. The zero-order chi connectivity index (χ0) is 15.2. The van der Waals surface area contributed by atoms with E-state index in [0.717, 1.165) is 43.7 Å². The van der Waals surface area contributed by atoms with Gasteiger partial charge >= 0.3 is 0 Å². The van der Waals surface area contributed by atoms with Gasteiger partial charge in [-0.3, -0.25) is 4.90 Å².